The summed E-state index contributed by atoms with van der Waals surface area (Å²) in [6.45, 7) is 4.77. The van der Waals surface area contributed by atoms with Crippen molar-refractivity contribution in [3.63, 3.8) is 0 Å². The number of carboxylic acids is 1. The van der Waals surface area contributed by atoms with Gasteiger partial charge in [0.15, 0.2) is 5.16 Å². The number of aliphatic carboxylic acids is 1. The van der Waals surface area contributed by atoms with Crippen molar-refractivity contribution in [2.45, 2.75) is 25.5 Å². The van der Waals surface area contributed by atoms with Crippen LogP contribution in [0.25, 0.3) is 11.0 Å². The average molecular weight is 355 g/mol. The fourth-order valence-corrected chi connectivity index (χ4v) is 2.85. The van der Waals surface area contributed by atoms with E-state index in [-0.39, 0.29) is 5.75 Å². The molecule has 0 atom stereocenters. The summed E-state index contributed by atoms with van der Waals surface area (Å²) in [7, 11) is 0. The summed E-state index contributed by atoms with van der Waals surface area (Å²) in [6.07, 6.45) is 2.10. The van der Waals surface area contributed by atoms with E-state index < -0.39 is 5.97 Å². The molecule has 0 unspecified atom stereocenters. The standard InChI is InChI=1S/C14H15BrN2O2S/c1-9(2)5-6-17-12-7-10(15)3-4-11(12)16-14(17)20-8-13(18)19/h3-5,7H,6,8H2,1-2H3,(H,18,19). The summed E-state index contributed by atoms with van der Waals surface area (Å²) in [6, 6.07) is 5.88. The lowest BCUT2D eigenvalue weighted by molar-refractivity contribution is -0.133. The van der Waals surface area contributed by atoms with E-state index in [1.807, 2.05) is 36.6 Å². The fraction of sp³-hybridized carbons (Fsp3) is 0.286. The molecule has 2 aromatic rings. The summed E-state index contributed by atoms with van der Waals surface area (Å²) in [4.78, 5) is 15.3. The number of allylic oxidation sites excluding steroid dienone is 2. The highest BCUT2D eigenvalue weighted by atomic mass is 79.9. The van der Waals surface area contributed by atoms with Crippen molar-refractivity contribution in [3.05, 3.63) is 34.3 Å². The first-order valence-electron chi connectivity index (χ1n) is 6.11. The molecule has 0 aliphatic rings. The molecule has 0 radical (unpaired) electrons. The van der Waals surface area contributed by atoms with Crippen molar-refractivity contribution in [1.82, 2.24) is 9.55 Å². The normalized spacial score (nSPS) is 10.8. The van der Waals surface area contributed by atoms with Gasteiger partial charge in [0.1, 0.15) is 0 Å². The lowest BCUT2D eigenvalue weighted by Crippen LogP contribution is -2.02. The van der Waals surface area contributed by atoms with E-state index in [1.54, 1.807) is 0 Å². The lowest BCUT2D eigenvalue weighted by Gasteiger charge is -2.06. The number of fused-ring (bicyclic) bond motifs is 1. The van der Waals surface area contributed by atoms with Crippen molar-refractivity contribution in [1.29, 1.82) is 0 Å². The molecule has 0 saturated carbocycles. The number of hydrogen-bond acceptors (Lipinski definition) is 3. The highest BCUT2D eigenvalue weighted by molar-refractivity contribution is 9.10. The molecule has 4 nitrogen and oxygen atoms in total. The molecule has 0 bridgehead atoms. The zero-order chi connectivity index (χ0) is 14.7. The topological polar surface area (TPSA) is 55.1 Å². The number of halogens is 1. The number of rotatable bonds is 5. The molecule has 2 rings (SSSR count). The van der Waals surface area contributed by atoms with Gasteiger partial charge in [0.25, 0.3) is 0 Å². The molecule has 1 aromatic carbocycles. The number of imidazole rings is 1. The van der Waals surface area contributed by atoms with E-state index in [0.29, 0.717) is 6.54 Å². The Hall–Kier alpha value is -1.27. The molecule has 20 heavy (non-hydrogen) atoms. The van der Waals surface area contributed by atoms with Crippen LogP contribution in [0.3, 0.4) is 0 Å². The average Bonchev–Trinajstić information content (AvgIpc) is 2.71. The van der Waals surface area contributed by atoms with Crippen LogP contribution in [0.2, 0.25) is 0 Å². The van der Waals surface area contributed by atoms with E-state index in [2.05, 4.69) is 27.0 Å². The SMILES string of the molecule is CC(C)=CCn1c(SCC(=O)O)nc2ccc(Br)cc21. The molecule has 0 aliphatic carbocycles. The Balaban J connectivity index is 2.45. The van der Waals surface area contributed by atoms with Gasteiger partial charge in [-0.1, -0.05) is 39.3 Å². The third-order valence-electron chi connectivity index (χ3n) is 2.68. The summed E-state index contributed by atoms with van der Waals surface area (Å²) >= 11 is 4.71. The predicted molar refractivity (Wildman–Crippen MR) is 85.2 cm³/mol. The van der Waals surface area contributed by atoms with Crippen LogP contribution in [0.5, 0.6) is 0 Å². The van der Waals surface area contributed by atoms with E-state index in [1.165, 1.54) is 17.3 Å². The Labute approximate surface area is 130 Å². The molecule has 1 heterocycles. The molecule has 0 spiro atoms. The molecule has 106 valence electrons. The van der Waals surface area contributed by atoms with Gasteiger partial charge in [0, 0.05) is 11.0 Å². The Morgan fingerprint density at radius 3 is 2.90 bits per heavy atom. The van der Waals surface area contributed by atoms with Gasteiger partial charge in [-0.25, -0.2) is 4.98 Å². The van der Waals surface area contributed by atoms with Gasteiger partial charge >= 0.3 is 5.97 Å². The molecule has 0 amide bonds. The highest BCUT2D eigenvalue weighted by Gasteiger charge is 2.12. The minimum atomic E-state index is -0.836. The van der Waals surface area contributed by atoms with E-state index in [0.717, 1.165) is 20.7 Å². The van der Waals surface area contributed by atoms with Gasteiger partial charge in [-0.05, 0) is 32.0 Å². The highest BCUT2D eigenvalue weighted by Crippen LogP contribution is 2.26. The maximum Gasteiger partial charge on any atom is 0.313 e. The Morgan fingerprint density at radius 2 is 2.25 bits per heavy atom. The Bertz CT molecular complexity index is 675. The minimum absolute atomic E-state index is 0.0132. The second-order valence-electron chi connectivity index (χ2n) is 4.60. The molecule has 0 fully saturated rings. The first kappa shape index (κ1) is 15.1. The van der Waals surface area contributed by atoms with Gasteiger partial charge in [-0.15, -0.1) is 0 Å². The lowest BCUT2D eigenvalue weighted by atomic mass is 10.3. The smallest absolute Gasteiger partial charge is 0.313 e. The number of hydrogen-bond donors (Lipinski definition) is 1. The van der Waals surface area contributed by atoms with Crippen molar-refractivity contribution >= 4 is 44.7 Å². The molecule has 1 aromatic heterocycles. The summed E-state index contributed by atoms with van der Waals surface area (Å²) in [5.74, 6) is -0.823. The van der Waals surface area contributed by atoms with Gasteiger partial charge in [0.05, 0.1) is 16.8 Å². The van der Waals surface area contributed by atoms with Crippen LogP contribution in [0.1, 0.15) is 13.8 Å². The number of benzene rings is 1. The summed E-state index contributed by atoms with van der Waals surface area (Å²) in [5.41, 5.74) is 3.10. The molecule has 0 saturated heterocycles. The van der Waals surface area contributed by atoms with Crippen LogP contribution in [0.4, 0.5) is 0 Å². The quantitative estimate of drug-likeness (QED) is 0.652. The van der Waals surface area contributed by atoms with Crippen molar-refractivity contribution in [2.24, 2.45) is 0 Å². The fourth-order valence-electron chi connectivity index (χ4n) is 1.76. The van der Waals surface area contributed by atoms with Gasteiger partial charge < -0.3 is 9.67 Å². The second-order valence-corrected chi connectivity index (χ2v) is 6.46. The van der Waals surface area contributed by atoms with Crippen LogP contribution in [-0.4, -0.2) is 26.4 Å². The second kappa shape index (κ2) is 6.45. The number of carboxylic acid groups (broad SMARTS) is 1. The van der Waals surface area contributed by atoms with Crippen LogP contribution >= 0.6 is 27.7 Å². The molecule has 0 aliphatic heterocycles. The monoisotopic (exact) mass is 354 g/mol. The largest absolute Gasteiger partial charge is 0.481 e. The predicted octanol–water partition coefficient (Wildman–Crippen LogP) is 3.94. The zero-order valence-electron chi connectivity index (χ0n) is 11.3. The number of aromatic nitrogens is 2. The van der Waals surface area contributed by atoms with Crippen LogP contribution < -0.4 is 0 Å². The summed E-state index contributed by atoms with van der Waals surface area (Å²) in [5, 5.41) is 9.56. The Morgan fingerprint density at radius 1 is 1.50 bits per heavy atom. The van der Waals surface area contributed by atoms with E-state index in [4.69, 9.17) is 5.11 Å². The zero-order valence-corrected chi connectivity index (χ0v) is 13.7. The molecular formula is C14H15BrN2O2S. The number of thioether (sulfide) groups is 1. The third-order valence-corrected chi connectivity index (χ3v) is 4.14. The molecular weight excluding hydrogens is 340 g/mol. The van der Waals surface area contributed by atoms with Gasteiger partial charge in [-0.3, -0.25) is 4.79 Å². The number of carbonyl (C=O) groups is 1. The van der Waals surface area contributed by atoms with Crippen molar-refractivity contribution in [3.8, 4) is 0 Å². The van der Waals surface area contributed by atoms with Crippen LogP contribution in [-0.2, 0) is 11.3 Å². The van der Waals surface area contributed by atoms with Crippen LogP contribution in [0, 0.1) is 0 Å². The molecule has 1 N–H and O–H groups in total. The van der Waals surface area contributed by atoms with Gasteiger partial charge in [-0.2, -0.15) is 0 Å². The third kappa shape index (κ3) is 3.64. The van der Waals surface area contributed by atoms with E-state index >= 15 is 0 Å². The first-order valence-corrected chi connectivity index (χ1v) is 7.89. The molecule has 6 heteroatoms. The van der Waals surface area contributed by atoms with Crippen molar-refractivity contribution < 1.29 is 9.90 Å². The first-order chi connectivity index (χ1) is 9.47. The van der Waals surface area contributed by atoms with E-state index in [9.17, 15) is 4.79 Å². The van der Waals surface area contributed by atoms with Crippen molar-refractivity contribution in [2.75, 3.05) is 5.75 Å². The summed E-state index contributed by atoms with van der Waals surface area (Å²) < 4.78 is 3.03. The maximum absolute atomic E-state index is 10.7. The number of nitrogens with zero attached hydrogens (tertiary/aromatic N) is 2. The maximum atomic E-state index is 10.7. The minimum Gasteiger partial charge on any atom is -0.481 e. The van der Waals surface area contributed by atoms with Crippen LogP contribution in [0.15, 0.2) is 39.5 Å². The Kier molecular flexibility index (Phi) is 4.88. The van der Waals surface area contributed by atoms with Gasteiger partial charge in [0.2, 0.25) is 0 Å².